The first kappa shape index (κ1) is 24.3. The van der Waals surface area contributed by atoms with Crippen LogP contribution >= 0.6 is 0 Å². The van der Waals surface area contributed by atoms with Gasteiger partial charge in [0.2, 0.25) is 11.9 Å². The lowest BCUT2D eigenvalue weighted by Gasteiger charge is -2.39. The molecule has 2 aromatic carbocycles. The number of carbonyl (C=O) groups is 2. The van der Waals surface area contributed by atoms with E-state index in [1.165, 1.54) is 19.2 Å². The molecule has 2 aliphatic rings. The number of nitrogens with one attached hydrogen (secondary N) is 1. The highest BCUT2D eigenvalue weighted by Gasteiger charge is 2.43. The molecule has 2 aromatic rings. The van der Waals surface area contributed by atoms with E-state index in [0.717, 1.165) is 5.69 Å². The average molecular weight is 485 g/mol. The van der Waals surface area contributed by atoms with Crippen molar-refractivity contribution < 1.29 is 28.2 Å². The third-order valence-corrected chi connectivity index (χ3v) is 6.17. The molecule has 0 aliphatic carbocycles. The van der Waals surface area contributed by atoms with Gasteiger partial charge < -0.3 is 24.0 Å². The number of aliphatic imine (C=N–C) groups is 1. The van der Waals surface area contributed by atoms with Gasteiger partial charge in [-0.2, -0.15) is 0 Å². The number of halogens is 1. The SMILES string of the molecule is CCOC(=O)C1C(=O)NC(N2CCN(c3ccc(F)cc3)CC2)=NC1c1ccc(OC)cc1OC. The second kappa shape index (κ2) is 10.6. The maximum Gasteiger partial charge on any atom is 0.321 e. The fourth-order valence-electron chi connectivity index (χ4n) is 4.34. The molecule has 9 nitrogen and oxygen atoms in total. The molecule has 2 aliphatic heterocycles. The van der Waals surface area contributed by atoms with Crippen LogP contribution in [-0.4, -0.2) is 69.7 Å². The first-order chi connectivity index (χ1) is 16.9. The van der Waals surface area contributed by atoms with Crippen molar-refractivity contribution in [2.24, 2.45) is 10.9 Å². The van der Waals surface area contributed by atoms with Crippen LogP contribution in [0, 0.1) is 11.7 Å². The predicted octanol–water partition coefficient (Wildman–Crippen LogP) is 2.37. The molecule has 2 atom stereocenters. The van der Waals surface area contributed by atoms with Crippen molar-refractivity contribution >= 4 is 23.5 Å². The van der Waals surface area contributed by atoms with Gasteiger partial charge in [0.15, 0.2) is 5.92 Å². The average Bonchev–Trinajstić information content (AvgIpc) is 2.88. The first-order valence-corrected chi connectivity index (χ1v) is 11.5. The Morgan fingerprint density at radius 3 is 2.37 bits per heavy atom. The van der Waals surface area contributed by atoms with E-state index in [9.17, 15) is 14.0 Å². The monoisotopic (exact) mass is 484 g/mol. The second-order valence-corrected chi connectivity index (χ2v) is 8.17. The number of hydrogen-bond acceptors (Lipinski definition) is 8. The summed E-state index contributed by atoms with van der Waals surface area (Å²) in [6.45, 7) is 4.35. The van der Waals surface area contributed by atoms with E-state index in [0.29, 0.717) is 49.2 Å². The molecular weight excluding hydrogens is 455 g/mol. The van der Waals surface area contributed by atoms with E-state index < -0.39 is 23.8 Å². The van der Waals surface area contributed by atoms with Crippen molar-refractivity contribution in [1.82, 2.24) is 10.2 Å². The summed E-state index contributed by atoms with van der Waals surface area (Å²) < 4.78 is 29.3. The highest BCUT2D eigenvalue weighted by Crippen LogP contribution is 2.38. The molecule has 2 unspecified atom stereocenters. The quantitative estimate of drug-likeness (QED) is 0.497. The number of amides is 1. The summed E-state index contributed by atoms with van der Waals surface area (Å²) in [6.07, 6.45) is 0. The number of methoxy groups -OCH3 is 2. The summed E-state index contributed by atoms with van der Waals surface area (Å²) >= 11 is 0. The van der Waals surface area contributed by atoms with E-state index in [2.05, 4.69) is 10.2 Å². The first-order valence-electron chi connectivity index (χ1n) is 11.5. The molecule has 0 aromatic heterocycles. The fraction of sp³-hybridized carbons (Fsp3) is 0.400. The Morgan fingerprint density at radius 2 is 1.74 bits per heavy atom. The molecule has 1 amide bonds. The lowest BCUT2D eigenvalue weighted by molar-refractivity contribution is -0.153. The maximum absolute atomic E-state index is 13.3. The van der Waals surface area contributed by atoms with E-state index in [1.807, 2.05) is 4.90 Å². The smallest absolute Gasteiger partial charge is 0.321 e. The molecule has 186 valence electrons. The molecule has 4 rings (SSSR count). The largest absolute Gasteiger partial charge is 0.497 e. The zero-order valence-corrected chi connectivity index (χ0v) is 20.0. The molecule has 0 radical (unpaired) electrons. The number of carbonyl (C=O) groups excluding carboxylic acids is 2. The number of guanidine groups is 1. The number of nitrogens with zero attached hydrogens (tertiary/aromatic N) is 3. The van der Waals surface area contributed by atoms with E-state index >= 15 is 0 Å². The minimum absolute atomic E-state index is 0.150. The third kappa shape index (κ3) is 5.16. The molecular formula is C25H29FN4O5. The van der Waals surface area contributed by atoms with Crippen LogP contribution in [0.3, 0.4) is 0 Å². The van der Waals surface area contributed by atoms with Gasteiger partial charge in [0, 0.05) is 43.5 Å². The van der Waals surface area contributed by atoms with Crippen molar-refractivity contribution in [2.45, 2.75) is 13.0 Å². The summed E-state index contributed by atoms with van der Waals surface area (Å²) in [4.78, 5) is 34.8. The van der Waals surface area contributed by atoms with Crippen LogP contribution in [0.15, 0.2) is 47.5 Å². The van der Waals surface area contributed by atoms with Gasteiger partial charge in [0.25, 0.3) is 0 Å². The van der Waals surface area contributed by atoms with Gasteiger partial charge in [-0.3, -0.25) is 14.9 Å². The molecule has 2 heterocycles. The Kier molecular flexibility index (Phi) is 7.38. The van der Waals surface area contributed by atoms with Crippen molar-refractivity contribution in [3.05, 3.63) is 53.8 Å². The van der Waals surface area contributed by atoms with Crippen LogP contribution in [-0.2, 0) is 14.3 Å². The van der Waals surface area contributed by atoms with Crippen molar-refractivity contribution in [2.75, 3.05) is 51.9 Å². The summed E-state index contributed by atoms with van der Waals surface area (Å²) in [6, 6.07) is 10.7. The van der Waals surface area contributed by atoms with Gasteiger partial charge in [-0.25, -0.2) is 9.38 Å². The molecule has 10 heteroatoms. The summed E-state index contributed by atoms with van der Waals surface area (Å²) in [5, 5.41) is 2.80. The summed E-state index contributed by atoms with van der Waals surface area (Å²) in [5.74, 6) is -1.10. The van der Waals surface area contributed by atoms with Crippen LogP contribution in [0.25, 0.3) is 0 Å². The number of piperazine rings is 1. The fourth-order valence-corrected chi connectivity index (χ4v) is 4.34. The molecule has 0 bridgehead atoms. The molecule has 35 heavy (non-hydrogen) atoms. The molecule has 1 N–H and O–H groups in total. The van der Waals surface area contributed by atoms with Crippen LogP contribution in [0.4, 0.5) is 10.1 Å². The topological polar surface area (TPSA) is 92.7 Å². The zero-order valence-electron chi connectivity index (χ0n) is 20.0. The van der Waals surface area contributed by atoms with Crippen LogP contribution in [0.5, 0.6) is 11.5 Å². The molecule has 0 spiro atoms. The molecule has 1 fully saturated rings. The Morgan fingerprint density at radius 1 is 1.06 bits per heavy atom. The van der Waals surface area contributed by atoms with Gasteiger partial charge in [-0.1, -0.05) is 0 Å². The lowest BCUT2D eigenvalue weighted by atomic mass is 9.90. The van der Waals surface area contributed by atoms with Crippen molar-refractivity contribution in [3.8, 4) is 11.5 Å². The van der Waals surface area contributed by atoms with Crippen LogP contribution in [0.1, 0.15) is 18.5 Å². The zero-order chi connectivity index (χ0) is 24.9. The highest BCUT2D eigenvalue weighted by molar-refractivity contribution is 6.08. The predicted molar refractivity (Wildman–Crippen MR) is 128 cm³/mol. The Labute approximate surface area is 203 Å². The van der Waals surface area contributed by atoms with Crippen molar-refractivity contribution in [1.29, 1.82) is 0 Å². The van der Waals surface area contributed by atoms with E-state index in [-0.39, 0.29) is 12.4 Å². The minimum atomic E-state index is -1.15. The third-order valence-electron chi connectivity index (χ3n) is 6.17. The van der Waals surface area contributed by atoms with Crippen LogP contribution in [0.2, 0.25) is 0 Å². The summed E-state index contributed by atoms with van der Waals surface area (Å²) in [7, 11) is 3.06. The number of anilines is 1. The number of benzene rings is 2. The highest BCUT2D eigenvalue weighted by atomic mass is 19.1. The van der Waals surface area contributed by atoms with Crippen LogP contribution < -0.4 is 19.7 Å². The minimum Gasteiger partial charge on any atom is -0.497 e. The molecule has 0 saturated carbocycles. The van der Waals surface area contributed by atoms with E-state index in [4.69, 9.17) is 19.2 Å². The standard InChI is InChI=1S/C25H29FN4O5/c1-4-35-24(32)21-22(19-10-9-18(33-2)15-20(19)34-3)27-25(28-23(21)31)30-13-11-29(12-14-30)17-7-5-16(26)6-8-17/h5-10,15,21-22H,4,11-14H2,1-3H3,(H,27,28,31). The summed E-state index contributed by atoms with van der Waals surface area (Å²) in [5.41, 5.74) is 1.52. The van der Waals surface area contributed by atoms with Gasteiger partial charge in [0.1, 0.15) is 23.4 Å². The normalized spacial score (nSPS) is 20.1. The molecule has 1 saturated heterocycles. The van der Waals surface area contributed by atoms with Gasteiger partial charge in [-0.15, -0.1) is 0 Å². The maximum atomic E-state index is 13.3. The number of rotatable bonds is 6. The lowest BCUT2D eigenvalue weighted by Crippen LogP contribution is -2.57. The van der Waals surface area contributed by atoms with Gasteiger partial charge in [-0.05, 0) is 43.3 Å². The van der Waals surface area contributed by atoms with Crippen molar-refractivity contribution in [3.63, 3.8) is 0 Å². The Balaban J connectivity index is 1.61. The Bertz CT molecular complexity index is 1100. The number of ether oxygens (including phenoxy) is 3. The number of hydrogen-bond donors (Lipinski definition) is 1. The van der Waals surface area contributed by atoms with Gasteiger partial charge >= 0.3 is 5.97 Å². The van der Waals surface area contributed by atoms with E-state index in [1.54, 1.807) is 44.4 Å². The number of esters is 1. The van der Waals surface area contributed by atoms with Gasteiger partial charge in [0.05, 0.1) is 20.8 Å². The Hall–Kier alpha value is -3.82. The second-order valence-electron chi connectivity index (χ2n) is 8.17.